The number of hydrogen-bond acceptors (Lipinski definition) is 5. The Balaban J connectivity index is 1.78. The average Bonchev–Trinajstić information content (AvgIpc) is 3.15. The zero-order chi connectivity index (χ0) is 16.3. The first kappa shape index (κ1) is 14.1. The van der Waals surface area contributed by atoms with E-state index in [1.807, 2.05) is 30.3 Å². The molecule has 0 spiro atoms. The van der Waals surface area contributed by atoms with Gasteiger partial charge in [0.25, 0.3) is 0 Å². The van der Waals surface area contributed by atoms with E-state index in [1.165, 1.54) is 10.4 Å². The van der Waals surface area contributed by atoms with Crippen LogP contribution in [0.1, 0.15) is 24.3 Å². The van der Waals surface area contributed by atoms with E-state index >= 15 is 0 Å². The Labute approximate surface area is 142 Å². The van der Waals surface area contributed by atoms with Crippen LogP contribution < -0.4 is 0 Å². The van der Waals surface area contributed by atoms with Gasteiger partial charge in [-0.05, 0) is 19.4 Å². The highest BCUT2D eigenvalue weighted by molar-refractivity contribution is 7.19. The summed E-state index contributed by atoms with van der Waals surface area (Å²) in [5, 5.41) is 5.74. The summed E-state index contributed by atoms with van der Waals surface area (Å²) < 4.78 is 7.74. The SMILES string of the molecule is CC1(C)Cc2c(sc3ncn4nc(-c5ccccc5)nc4c23)CO1. The van der Waals surface area contributed by atoms with Crippen LogP contribution in [0.4, 0.5) is 0 Å². The molecule has 0 fully saturated rings. The number of ether oxygens (including phenoxy) is 1. The minimum atomic E-state index is -0.157. The van der Waals surface area contributed by atoms with Crippen molar-refractivity contribution in [3.05, 3.63) is 47.1 Å². The second-order valence-electron chi connectivity index (χ2n) is 6.72. The molecule has 6 heteroatoms. The van der Waals surface area contributed by atoms with Crippen molar-refractivity contribution in [3.63, 3.8) is 0 Å². The maximum absolute atomic E-state index is 5.95. The van der Waals surface area contributed by atoms with Gasteiger partial charge < -0.3 is 4.74 Å². The van der Waals surface area contributed by atoms with Crippen LogP contribution >= 0.6 is 11.3 Å². The number of hydrogen-bond donors (Lipinski definition) is 0. The molecular weight excluding hydrogens is 320 g/mol. The third kappa shape index (κ3) is 2.07. The minimum Gasteiger partial charge on any atom is -0.370 e. The first-order valence-electron chi connectivity index (χ1n) is 7.96. The molecule has 0 radical (unpaired) electrons. The lowest BCUT2D eigenvalue weighted by molar-refractivity contribution is -0.0379. The summed E-state index contributed by atoms with van der Waals surface area (Å²) in [6.45, 7) is 4.91. The Hall–Kier alpha value is -2.31. The second-order valence-corrected chi connectivity index (χ2v) is 7.81. The van der Waals surface area contributed by atoms with Crippen LogP contribution in [0.2, 0.25) is 0 Å². The fourth-order valence-corrected chi connectivity index (χ4v) is 4.32. The zero-order valence-electron chi connectivity index (χ0n) is 13.5. The molecule has 4 heterocycles. The van der Waals surface area contributed by atoms with Gasteiger partial charge in [-0.2, -0.15) is 0 Å². The molecular formula is C18H16N4OS. The van der Waals surface area contributed by atoms with Crippen molar-refractivity contribution in [1.29, 1.82) is 0 Å². The number of rotatable bonds is 1. The molecule has 1 aliphatic rings. The maximum atomic E-state index is 5.95. The number of benzene rings is 1. The molecule has 0 aliphatic carbocycles. The smallest absolute Gasteiger partial charge is 0.182 e. The van der Waals surface area contributed by atoms with Crippen molar-refractivity contribution in [3.8, 4) is 11.4 Å². The van der Waals surface area contributed by atoms with Crippen molar-refractivity contribution in [2.75, 3.05) is 0 Å². The normalized spacial score (nSPS) is 16.6. The van der Waals surface area contributed by atoms with Gasteiger partial charge in [-0.15, -0.1) is 16.4 Å². The Morgan fingerprint density at radius 3 is 2.88 bits per heavy atom. The number of nitrogens with zero attached hydrogens (tertiary/aromatic N) is 4. The molecule has 0 atom stereocenters. The molecule has 5 nitrogen and oxygen atoms in total. The van der Waals surface area contributed by atoms with E-state index in [4.69, 9.17) is 9.72 Å². The highest BCUT2D eigenvalue weighted by atomic mass is 32.1. The molecule has 24 heavy (non-hydrogen) atoms. The van der Waals surface area contributed by atoms with Crippen molar-refractivity contribution in [1.82, 2.24) is 19.6 Å². The first-order valence-corrected chi connectivity index (χ1v) is 8.77. The highest BCUT2D eigenvalue weighted by Gasteiger charge is 2.30. The van der Waals surface area contributed by atoms with E-state index in [9.17, 15) is 0 Å². The summed E-state index contributed by atoms with van der Waals surface area (Å²) in [6, 6.07) is 10.1. The molecule has 5 rings (SSSR count). The van der Waals surface area contributed by atoms with Crippen molar-refractivity contribution >= 4 is 27.2 Å². The number of fused-ring (bicyclic) bond motifs is 5. The van der Waals surface area contributed by atoms with Crippen LogP contribution in [-0.4, -0.2) is 25.2 Å². The predicted octanol–water partition coefficient (Wildman–Crippen LogP) is 3.86. The molecule has 120 valence electrons. The summed E-state index contributed by atoms with van der Waals surface area (Å²) in [5.74, 6) is 0.733. The van der Waals surface area contributed by atoms with E-state index in [0.717, 1.165) is 33.7 Å². The Bertz CT molecular complexity index is 1060. The number of thiophene rings is 1. The second kappa shape index (κ2) is 4.84. The van der Waals surface area contributed by atoms with Crippen LogP contribution in [0, 0.1) is 0 Å². The lowest BCUT2D eigenvalue weighted by Gasteiger charge is -2.30. The molecule has 3 aromatic heterocycles. The Morgan fingerprint density at radius 2 is 2.04 bits per heavy atom. The van der Waals surface area contributed by atoms with Crippen molar-refractivity contribution in [2.45, 2.75) is 32.5 Å². The summed E-state index contributed by atoms with van der Waals surface area (Å²) in [6.07, 6.45) is 2.63. The van der Waals surface area contributed by atoms with E-state index in [1.54, 1.807) is 22.2 Å². The highest BCUT2D eigenvalue weighted by Crippen LogP contribution is 2.39. The van der Waals surface area contributed by atoms with Crippen LogP contribution in [0.15, 0.2) is 36.7 Å². The summed E-state index contributed by atoms with van der Waals surface area (Å²) in [5.41, 5.74) is 3.06. The molecule has 1 aliphatic heterocycles. The van der Waals surface area contributed by atoms with Gasteiger partial charge in [-0.3, -0.25) is 0 Å². The molecule has 0 saturated carbocycles. The molecule has 0 unspecified atom stereocenters. The average molecular weight is 336 g/mol. The predicted molar refractivity (Wildman–Crippen MR) is 94.2 cm³/mol. The van der Waals surface area contributed by atoms with Crippen molar-refractivity contribution < 1.29 is 4.74 Å². The topological polar surface area (TPSA) is 52.3 Å². The van der Waals surface area contributed by atoms with Gasteiger partial charge >= 0.3 is 0 Å². The fourth-order valence-electron chi connectivity index (χ4n) is 3.25. The van der Waals surface area contributed by atoms with Crippen LogP contribution in [0.25, 0.3) is 27.3 Å². The van der Waals surface area contributed by atoms with Gasteiger partial charge in [0.2, 0.25) is 0 Å². The van der Waals surface area contributed by atoms with E-state index < -0.39 is 0 Å². The van der Waals surface area contributed by atoms with Crippen LogP contribution in [-0.2, 0) is 17.8 Å². The maximum Gasteiger partial charge on any atom is 0.182 e. The van der Waals surface area contributed by atoms with Crippen molar-refractivity contribution in [2.24, 2.45) is 0 Å². The summed E-state index contributed by atoms with van der Waals surface area (Å²) >= 11 is 1.70. The largest absolute Gasteiger partial charge is 0.370 e. The molecule has 1 aromatic carbocycles. The van der Waals surface area contributed by atoms with Crippen LogP contribution in [0.5, 0.6) is 0 Å². The first-order chi connectivity index (χ1) is 11.6. The summed E-state index contributed by atoms with van der Waals surface area (Å²) in [4.78, 5) is 11.7. The fraction of sp³-hybridized carbons (Fsp3) is 0.278. The quantitative estimate of drug-likeness (QED) is 0.530. The summed E-state index contributed by atoms with van der Waals surface area (Å²) in [7, 11) is 0. The third-order valence-corrected chi connectivity index (χ3v) is 5.55. The molecule has 0 bridgehead atoms. The van der Waals surface area contributed by atoms with Gasteiger partial charge in [-0.25, -0.2) is 14.5 Å². The Morgan fingerprint density at radius 1 is 1.21 bits per heavy atom. The molecule has 4 aromatic rings. The van der Waals surface area contributed by atoms with E-state index in [-0.39, 0.29) is 5.60 Å². The van der Waals surface area contributed by atoms with Crippen LogP contribution in [0.3, 0.4) is 0 Å². The van der Waals surface area contributed by atoms with E-state index in [2.05, 4.69) is 23.9 Å². The lowest BCUT2D eigenvalue weighted by Crippen LogP contribution is -2.31. The van der Waals surface area contributed by atoms with Gasteiger partial charge in [0.15, 0.2) is 11.5 Å². The minimum absolute atomic E-state index is 0.157. The molecule has 0 amide bonds. The number of aromatic nitrogens is 4. The molecule has 0 N–H and O–H groups in total. The Kier molecular flexibility index (Phi) is 2.84. The standard InChI is InChI=1S/C18H16N4OS/c1-18(2)8-12-13(9-23-18)24-17-14(12)16-20-15(21-22(16)10-19-17)11-6-4-3-5-7-11/h3-7,10H,8-9H2,1-2H3. The zero-order valence-corrected chi connectivity index (χ0v) is 14.3. The van der Waals surface area contributed by atoms with E-state index in [0.29, 0.717) is 6.61 Å². The molecule has 0 saturated heterocycles. The third-order valence-electron chi connectivity index (χ3n) is 4.44. The van der Waals surface area contributed by atoms with Gasteiger partial charge in [0, 0.05) is 16.9 Å². The van der Waals surface area contributed by atoms with Gasteiger partial charge in [-0.1, -0.05) is 30.3 Å². The monoisotopic (exact) mass is 336 g/mol. The van der Waals surface area contributed by atoms with Gasteiger partial charge in [0.1, 0.15) is 11.2 Å². The lowest BCUT2D eigenvalue weighted by atomic mass is 9.94. The van der Waals surface area contributed by atoms with Gasteiger partial charge in [0.05, 0.1) is 17.6 Å².